The number of benzene rings is 1. The summed E-state index contributed by atoms with van der Waals surface area (Å²) in [5.41, 5.74) is 0.290. The van der Waals surface area contributed by atoms with Crippen molar-refractivity contribution < 1.29 is 17.9 Å². The summed E-state index contributed by atoms with van der Waals surface area (Å²) in [6.07, 6.45) is 1.92. The van der Waals surface area contributed by atoms with Gasteiger partial charge in [-0.2, -0.15) is 0 Å². The zero-order valence-corrected chi connectivity index (χ0v) is 15.5. The Balaban J connectivity index is 2.34. The zero-order valence-electron chi connectivity index (χ0n) is 14.7. The van der Waals surface area contributed by atoms with E-state index in [4.69, 9.17) is 4.74 Å². The van der Waals surface area contributed by atoms with Crippen molar-refractivity contribution >= 4 is 15.9 Å². The summed E-state index contributed by atoms with van der Waals surface area (Å²) < 4.78 is 32.5. The fraction of sp³-hybridized carbons (Fsp3) is 0.588. The normalized spacial score (nSPS) is 16.5. The number of carbonyl (C=O) groups is 1. The molecule has 1 amide bonds. The summed E-state index contributed by atoms with van der Waals surface area (Å²) in [5, 5.41) is 0. The van der Waals surface area contributed by atoms with Gasteiger partial charge in [-0.3, -0.25) is 4.79 Å². The molecule has 1 heterocycles. The van der Waals surface area contributed by atoms with Gasteiger partial charge in [0, 0.05) is 19.1 Å². The number of nitrogens with one attached hydrogen (secondary N) is 1. The Hall–Kier alpha value is -1.60. The first-order chi connectivity index (χ1) is 11.2. The van der Waals surface area contributed by atoms with Crippen molar-refractivity contribution in [2.45, 2.75) is 44.6 Å². The number of carbonyl (C=O) groups excluding carboxylic acids is 1. The fourth-order valence-electron chi connectivity index (χ4n) is 2.78. The Labute approximate surface area is 144 Å². The average Bonchev–Trinajstić information content (AvgIpc) is 2.53. The minimum atomic E-state index is -3.66. The first kappa shape index (κ1) is 18.7. The molecule has 1 aliphatic rings. The number of piperidine rings is 1. The highest BCUT2D eigenvalue weighted by Crippen LogP contribution is 2.26. The second kappa shape index (κ2) is 7.53. The van der Waals surface area contributed by atoms with Gasteiger partial charge in [-0.05, 0) is 50.8 Å². The van der Waals surface area contributed by atoms with Gasteiger partial charge in [0.25, 0.3) is 5.91 Å². The summed E-state index contributed by atoms with van der Waals surface area (Å²) in [7, 11) is -2.18. The SMILES string of the molecule is COc1ccc(S(=O)(=O)NC(C)C)cc1C(=O)N1CCC(C)CC1. The van der Waals surface area contributed by atoms with Gasteiger partial charge < -0.3 is 9.64 Å². The van der Waals surface area contributed by atoms with E-state index >= 15 is 0 Å². The third-order valence-electron chi connectivity index (χ3n) is 4.17. The Morgan fingerprint density at radius 2 is 1.92 bits per heavy atom. The highest BCUT2D eigenvalue weighted by molar-refractivity contribution is 7.89. The van der Waals surface area contributed by atoms with Gasteiger partial charge in [0.1, 0.15) is 5.75 Å². The van der Waals surface area contributed by atoms with Crippen LogP contribution in [0.4, 0.5) is 0 Å². The molecule has 0 atom stereocenters. The molecule has 0 aliphatic carbocycles. The molecule has 0 spiro atoms. The number of ether oxygens (including phenoxy) is 1. The van der Waals surface area contributed by atoms with Crippen LogP contribution in [0.15, 0.2) is 23.1 Å². The van der Waals surface area contributed by atoms with Gasteiger partial charge in [0.05, 0.1) is 17.6 Å². The minimum Gasteiger partial charge on any atom is -0.496 e. The predicted octanol–water partition coefficient (Wildman–Crippen LogP) is 2.25. The van der Waals surface area contributed by atoms with Crippen LogP contribution in [0.2, 0.25) is 0 Å². The van der Waals surface area contributed by atoms with Crippen LogP contribution >= 0.6 is 0 Å². The van der Waals surface area contributed by atoms with Crippen LogP contribution in [-0.2, 0) is 10.0 Å². The smallest absolute Gasteiger partial charge is 0.257 e. The van der Waals surface area contributed by atoms with Crippen molar-refractivity contribution in [1.82, 2.24) is 9.62 Å². The molecule has 0 unspecified atom stereocenters. The lowest BCUT2D eigenvalue weighted by Gasteiger charge is -2.30. The lowest BCUT2D eigenvalue weighted by Crippen LogP contribution is -2.38. The first-order valence-electron chi connectivity index (χ1n) is 8.24. The maximum Gasteiger partial charge on any atom is 0.257 e. The molecule has 0 radical (unpaired) electrons. The molecule has 134 valence electrons. The minimum absolute atomic E-state index is 0.0747. The van der Waals surface area contributed by atoms with Crippen LogP contribution in [0.1, 0.15) is 44.0 Å². The second-order valence-electron chi connectivity index (χ2n) is 6.61. The van der Waals surface area contributed by atoms with Crippen molar-refractivity contribution in [3.63, 3.8) is 0 Å². The molecule has 1 aliphatic heterocycles. The van der Waals surface area contributed by atoms with Gasteiger partial charge in [-0.15, -0.1) is 0 Å². The molecule has 0 bridgehead atoms. The van der Waals surface area contributed by atoms with Gasteiger partial charge in [-0.25, -0.2) is 13.1 Å². The molecule has 2 rings (SSSR count). The van der Waals surface area contributed by atoms with Gasteiger partial charge >= 0.3 is 0 Å². The van der Waals surface area contributed by atoms with Gasteiger partial charge in [0.15, 0.2) is 0 Å². The summed E-state index contributed by atoms with van der Waals surface area (Å²) in [6, 6.07) is 4.18. The van der Waals surface area contributed by atoms with E-state index in [0.29, 0.717) is 30.3 Å². The van der Waals surface area contributed by atoms with Crippen LogP contribution in [0.3, 0.4) is 0 Å². The van der Waals surface area contributed by atoms with E-state index in [1.165, 1.54) is 25.3 Å². The number of sulfonamides is 1. The highest BCUT2D eigenvalue weighted by Gasteiger charge is 2.26. The van der Waals surface area contributed by atoms with Crippen molar-refractivity contribution in [1.29, 1.82) is 0 Å². The number of amides is 1. The molecule has 24 heavy (non-hydrogen) atoms. The van der Waals surface area contributed by atoms with Crippen LogP contribution in [0.25, 0.3) is 0 Å². The molecule has 1 fully saturated rings. The van der Waals surface area contributed by atoms with E-state index in [9.17, 15) is 13.2 Å². The first-order valence-corrected chi connectivity index (χ1v) is 9.72. The maximum atomic E-state index is 12.8. The Morgan fingerprint density at radius 3 is 2.46 bits per heavy atom. The number of hydrogen-bond donors (Lipinski definition) is 1. The topological polar surface area (TPSA) is 75.7 Å². The number of nitrogens with zero attached hydrogens (tertiary/aromatic N) is 1. The third kappa shape index (κ3) is 4.27. The molecule has 0 saturated carbocycles. The Kier molecular flexibility index (Phi) is 5.87. The van der Waals surface area contributed by atoms with Crippen LogP contribution in [-0.4, -0.2) is 45.5 Å². The summed E-state index contributed by atoms with van der Waals surface area (Å²) >= 11 is 0. The number of likely N-dealkylation sites (tertiary alicyclic amines) is 1. The van der Waals surface area contributed by atoms with Gasteiger partial charge in [-0.1, -0.05) is 6.92 Å². The molecular formula is C17H26N2O4S. The maximum absolute atomic E-state index is 12.8. The number of methoxy groups -OCH3 is 1. The van der Waals surface area contributed by atoms with E-state index in [1.807, 2.05) is 0 Å². The van der Waals surface area contributed by atoms with Crippen LogP contribution in [0, 0.1) is 5.92 Å². The van der Waals surface area contributed by atoms with E-state index in [0.717, 1.165) is 12.8 Å². The fourth-order valence-corrected chi connectivity index (χ4v) is 4.06. The van der Waals surface area contributed by atoms with Crippen molar-refractivity contribution in [3.8, 4) is 5.75 Å². The van der Waals surface area contributed by atoms with Crippen LogP contribution in [0.5, 0.6) is 5.75 Å². The molecule has 1 aromatic carbocycles. The summed E-state index contributed by atoms with van der Waals surface area (Å²) in [4.78, 5) is 14.7. The van der Waals surface area contributed by atoms with E-state index in [1.54, 1.807) is 18.7 Å². The average molecular weight is 354 g/mol. The van der Waals surface area contributed by atoms with E-state index < -0.39 is 10.0 Å². The standard InChI is InChI=1S/C17H26N2O4S/c1-12(2)18-24(21,22)14-5-6-16(23-4)15(11-14)17(20)19-9-7-13(3)8-10-19/h5-6,11-13,18H,7-10H2,1-4H3. The molecule has 1 saturated heterocycles. The largest absolute Gasteiger partial charge is 0.496 e. The quantitative estimate of drug-likeness (QED) is 0.880. The summed E-state index contributed by atoms with van der Waals surface area (Å²) in [6.45, 7) is 7.05. The zero-order chi connectivity index (χ0) is 17.9. The molecule has 1 N–H and O–H groups in total. The van der Waals surface area contributed by atoms with Crippen molar-refractivity contribution in [2.24, 2.45) is 5.92 Å². The highest BCUT2D eigenvalue weighted by atomic mass is 32.2. The molecule has 1 aromatic rings. The lowest BCUT2D eigenvalue weighted by molar-refractivity contribution is 0.0693. The lowest BCUT2D eigenvalue weighted by atomic mass is 9.98. The Morgan fingerprint density at radius 1 is 1.29 bits per heavy atom. The predicted molar refractivity (Wildman–Crippen MR) is 92.8 cm³/mol. The molecular weight excluding hydrogens is 328 g/mol. The number of hydrogen-bond acceptors (Lipinski definition) is 4. The van der Waals surface area contributed by atoms with Crippen LogP contribution < -0.4 is 9.46 Å². The van der Waals surface area contributed by atoms with Crippen molar-refractivity contribution in [3.05, 3.63) is 23.8 Å². The van der Waals surface area contributed by atoms with E-state index in [-0.39, 0.29) is 16.8 Å². The number of rotatable bonds is 5. The Bertz CT molecular complexity index is 693. The third-order valence-corrected chi connectivity index (χ3v) is 5.83. The molecule has 7 heteroatoms. The summed E-state index contributed by atoms with van der Waals surface area (Å²) in [5.74, 6) is 0.820. The van der Waals surface area contributed by atoms with Crippen molar-refractivity contribution in [2.75, 3.05) is 20.2 Å². The molecule has 6 nitrogen and oxygen atoms in total. The monoisotopic (exact) mass is 354 g/mol. The molecule has 0 aromatic heterocycles. The second-order valence-corrected chi connectivity index (χ2v) is 8.33. The van der Waals surface area contributed by atoms with E-state index in [2.05, 4.69) is 11.6 Å². The van der Waals surface area contributed by atoms with Gasteiger partial charge in [0.2, 0.25) is 10.0 Å².